The molecule has 1 saturated heterocycles. The van der Waals surface area contributed by atoms with Crippen LogP contribution in [-0.4, -0.2) is 51.8 Å². The van der Waals surface area contributed by atoms with Gasteiger partial charge in [0.2, 0.25) is 0 Å². The van der Waals surface area contributed by atoms with Crippen molar-refractivity contribution < 1.29 is 46.3 Å². The van der Waals surface area contributed by atoms with Crippen LogP contribution < -0.4 is 26.3 Å². The molecule has 0 unspecified atom stereocenters. The number of H-pyrrole nitrogens is 1. The number of halogens is 1. The first kappa shape index (κ1) is 22.9. The van der Waals surface area contributed by atoms with Crippen LogP contribution in [-0.2, 0) is 4.74 Å². The maximum Gasteiger partial charge on any atom is 0.291 e. The number of nitrogens with one attached hydrogen (secondary N) is 1. The number of benzene rings is 2. The molecule has 4 aromatic rings. The Bertz CT molecular complexity index is 1320. The highest BCUT2D eigenvalue weighted by Crippen LogP contribution is 2.37. The van der Waals surface area contributed by atoms with E-state index in [2.05, 4.69) is 18.8 Å². The summed E-state index contributed by atoms with van der Waals surface area (Å²) in [5.41, 5.74) is 4.37. The molecule has 170 valence electrons. The second-order valence-electron chi connectivity index (χ2n) is 8.46. The highest BCUT2D eigenvalue weighted by Gasteiger charge is 2.46. The van der Waals surface area contributed by atoms with E-state index < -0.39 is 30.6 Å². The van der Waals surface area contributed by atoms with Gasteiger partial charge in [-0.05, 0) is 55.5 Å². The van der Waals surface area contributed by atoms with Crippen LogP contribution in [0.25, 0.3) is 32.6 Å². The molecule has 0 amide bonds. The number of fused-ring (bicyclic) bond motifs is 4. The Morgan fingerprint density at radius 1 is 0.969 bits per heavy atom. The van der Waals surface area contributed by atoms with Crippen LogP contribution >= 0.6 is 0 Å². The van der Waals surface area contributed by atoms with Crippen molar-refractivity contribution >= 4 is 32.6 Å². The molecule has 0 aliphatic carbocycles. The largest absolute Gasteiger partial charge is 1.00 e. The average Bonchev–Trinajstić information content (AvgIpc) is 3.17. The molecule has 1 aliphatic heterocycles. The Hall–Kier alpha value is -2.23. The normalized spacial score (nSPS) is 25.9. The zero-order valence-corrected chi connectivity index (χ0v) is 19.9. The van der Waals surface area contributed by atoms with E-state index in [1.165, 1.54) is 0 Å². The fourth-order valence-corrected chi connectivity index (χ4v) is 4.81. The first-order chi connectivity index (χ1) is 14.8. The third-order valence-electron chi connectivity index (χ3n) is 6.67. The van der Waals surface area contributed by atoms with E-state index >= 15 is 0 Å². The van der Waals surface area contributed by atoms with Gasteiger partial charge < -0.3 is 46.8 Å². The van der Waals surface area contributed by atoms with E-state index in [1.54, 1.807) is 18.6 Å². The summed E-state index contributed by atoms with van der Waals surface area (Å²) in [6, 6.07) is 8.01. The first-order valence-electron chi connectivity index (χ1n) is 10.4. The molecule has 0 saturated carbocycles. The molecule has 0 spiro atoms. The number of hydrogen-bond acceptors (Lipinski definition) is 5. The van der Waals surface area contributed by atoms with Gasteiger partial charge in [-0.1, -0.05) is 0 Å². The number of pyridine rings is 1. The SMILES string of the molecule is COc1ccc2[nH]c3c(C)c4cc[n+]([C@@H]5O[C@H](C)[C@H](O)[C@H](O)[C@H]5O)cc4c(C)c3c2c1.[Br-]. The predicted octanol–water partition coefficient (Wildman–Crippen LogP) is -0.609. The van der Waals surface area contributed by atoms with Gasteiger partial charge >= 0.3 is 0 Å². The number of aryl methyl sites for hydroxylation is 2. The number of aromatic nitrogens is 2. The lowest BCUT2D eigenvalue weighted by Crippen LogP contribution is -3.00. The standard InChI is InChI=1S/C24H26N2O5.BrH/c1-11-17-10-26(24-23(29)22(28)21(27)13(3)31-24)8-7-15(17)12(2)20-19(11)16-9-14(30-4)5-6-18(16)25-20;/h5-10,13,21-24,27-29H,1-4H3;1H/t13-,21+,22+,23-,24-;/m1./s1. The Morgan fingerprint density at radius 3 is 2.44 bits per heavy atom. The maximum atomic E-state index is 10.5. The fourth-order valence-electron chi connectivity index (χ4n) is 4.81. The number of aliphatic hydroxyl groups excluding tert-OH is 3. The van der Waals surface area contributed by atoms with Crippen LogP contribution in [0.15, 0.2) is 36.7 Å². The van der Waals surface area contributed by atoms with Crippen molar-refractivity contribution in [2.45, 2.75) is 51.4 Å². The quantitative estimate of drug-likeness (QED) is 0.274. The zero-order valence-electron chi connectivity index (χ0n) is 18.3. The maximum absolute atomic E-state index is 10.5. The summed E-state index contributed by atoms with van der Waals surface area (Å²) in [5, 5.41) is 35.1. The van der Waals surface area contributed by atoms with Crippen LogP contribution in [0.1, 0.15) is 24.3 Å². The molecule has 5 atom stereocenters. The van der Waals surface area contributed by atoms with Gasteiger partial charge in [-0.2, -0.15) is 4.57 Å². The summed E-state index contributed by atoms with van der Waals surface area (Å²) in [6.07, 6.45) is -1.25. The number of aromatic amines is 1. The molecule has 7 nitrogen and oxygen atoms in total. The van der Waals surface area contributed by atoms with E-state index in [9.17, 15) is 15.3 Å². The molecular formula is C24H27BrN2O5. The van der Waals surface area contributed by atoms with Crippen LogP contribution in [0.2, 0.25) is 0 Å². The molecule has 1 aliphatic rings. The molecule has 0 radical (unpaired) electrons. The average molecular weight is 503 g/mol. The molecule has 2 aromatic heterocycles. The van der Waals surface area contributed by atoms with E-state index in [4.69, 9.17) is 9.47 Å². The number of hydrogen-bond donors (Lipinski definition) is 4. The molecule has 1 fully saturated rings. The van der Waals surface area contributed by atoms with Gasteiger partial charge in [-0.15, -0.1) is 0 Å². The molecule has 8 heteroatoms. The van der Waals surface area contributed by atoms with Gasteiger partial charge in [-0.25, -0.2) is 0 Å². The number of rotatable bonds is 2. The van der Waals surface area contributed by atoms with Crippen molar-refractivity contribution in [2.75, 3.05) is 7.11 Å². The minimum Gasteiger partial charge on any atom is -1.00 e. The van der Waals surface area contributed by atoms with Crippen LogP contribution in [0.5, 0.6) is 5.75 Å². The third-order valence-corrected chi connectivity index (χ3v) is 6.67. The van der Waals surface area contributed by atoms with Gasteiger partial charge in [0.15, 0.2) is 18.5 Å². The smallest absolute Gasteiger partial charge is 0.291 e. The molecule has 5 rings (SSSR count). The zero-order chi connectivity index (χ0) is 22.0. The topological polar surface area (TPSA) is 98.8 Å². The summed E-state index contributed by atoms with van der Waals surface area (Å²) in [7, 11) is 1.66. The Kier molecular flexibility index (Phi) is 5.94. The van der Waals surface area contributed by atoms with Gasteiger partial charge in [-0.3, -0.25) is 0 Å². The van der Waals surface area contributed by atoms with Gasteiger partial charge in [0.25, 0.3) is 6.23 Å². The van der Waals surface area contributed by atoms with E-state index in [0.717, 1.165) is 49.5 Å². The number of aliphatic hydroxyl groups is 3. The number of nitrogens with zero attached hydrogens (tertiary/aromatic N) is 1. The lowest BCUT2D eigenvalue weighted by molar-refractivity contribution is -0.776. The van der Waals surface area contributed by atoms with Crippen molar-refractivity contribution in [3.8, 4) is 5.75 Å². The van der Waals surface area contributed by atoms with Crippen molar-refractivity contribution in [3.63, 3.8) is 0 Å². The Morgan fingerprint density at radius 2 is 1.72 bits per heavy atom. The summed E-state index contributed by atoms with van der Waals surface area (Å²) >= 11 is 0. The Labute approximate surface area is 196 Å². The molecule has 3 heterocycles. The van der Waals surface area contributed by atoms with Gasteiger partial charge in [0, 0.05) is 27.7 Å². The highest BCUT2D eigenvalue weighted by molar-refractivity contribution is 6.16. The summed E-state index contributed by atoms with van der Waals surface area (Å²) in [5.74, 6) is 0.800. The molecule has 0 bridgehead atoms. The highest BCUT2D eigenvalue weighted by atomic mass is 79.9. The number of ether oxygens (including phenoxy) is 2. The van der Waals surface area contributed by atoms with Crippen molar-refractivity contribution in [2.24, 2.45) is 0 Å². The Balaban J connectivity index is 0.00000245. The summed E-state index contributed by atoms with van der Waals surface area (Å²) in [4.78, 5) is 3.54. The van der Waals surface area contributed by atoms with Crippen molar-refractivity contribution in [1.29, 1.82) is 0 Å². The molecule has 32 heavy (non-hydrogen) atoms. The number of methoxy groups -OCH3 is 1. The van der Waals surface area contributed by atoms with Crippen molar-refractivity contribution in [3.05, 3.63) is 47.8 Å². The lowest BCUT2D eigenvalue weighted by Gasteiger charge is -2.36. The lowest BCUT2D eigenvalue weighted by atomic mass is 9.96. The van der Waals surface area contributed by atoms with Gasteiger partial charge in [0.1, 0.15) is 18.0 Å². The van der Waals surface area contributed by atoms with Crippen LogP contribution in [0, 0.1) is 13.8 Å². The molecule has 2 aromatic carbocycles. The molecular weight excluding hydrogens is 476 g/mol. The predicted molar refractivity (Wildman–Crippen MR) is 117 cm³/mol. The minimum atomic E-state index is -1.27. The summed E-state index contributed by atoms with van der Waals surface area (Å²) < 4.78 is 13.0. The van der Waals surface area contributed by atoms with Crippen LogP contribution in [0.3, 0.4) is 0 Å². The van der Waals surface area contributed by atoms with Crippen molar-refractivity contribution in [1.82, 2.24) is 4.98 Å². The van der Waals surface area contributed by atoms with Gasteiger partial charge in [0.05, 0.1) is 18.7 Å². The summed E-state index contributed by atoms with van der Waals surface area (Å²) in [6.45, 7) is 5.86. The van der Waals surface area contributed by atoms with E-state index in [0.29, 0.717) is 0 Å². The second kappa shape index (κ2) is 8.28. The third kappa shape index (κ3) is 3.29. The molecule has 4 N–H and O–H groups in total. The minimum absolute atomic E-state index is 0. The van der Waals surface area contributed by atoms with Crippen LogP contribution in [0.4, 0.5) is 0 Å². The van der Waals surface area contributed by atoms with E-state index in [-0.39, 0.29) is 17.0 Å². The van der Waals surface area contributed by atoms with E-state index in [1.807, 2.05) is 36.7 Å². The first-order valence-corrected chi connectivity index (χ1v) is 10.4. The fraction of sp³-hybridized carbons (Fsp3) is 0.375. The monoisotopic (exact) mass is 502 g/mol. The second-order valence-corrected chi connectivity index (χ2v) is 8.46.